The predicted octanol–water partition coefficient (Wildman–Crippen LogP) is 3.72. The van der Waals surface area contributed by atoms with Gasteiger partial charge in [0, 0.05) is 11.6 Å². The maximum Gasteiger partial charge on any atom is 0.0325 e. The second kappa shape index (κ2) is 8.43. The number of hydrogen-bond acceptors (Lipinski definition) is 2. The first-order valence-electron chi connectivity index (χ1n) is 7.99. The lowest BCUT2D eigenvalue weighted by Crippen LogP contribution is -2.57. The summed E-state index contributed by atoms with van der Waals surface area (Å²) in [5.74, 6) is 0. The first-order valence-corrected chi connectivity index (χ1v) is 7.99. The van der Waals surface area contributed by atoms with Gasteiger partial charge < -0.3 is 10.2 Å². The summed E-state index contributed by atoms with van der Waals surface area (Å²) in [4.78, 5) is 2.38. The van der Waals surface area contributed by atoms with Crippen LogP contribution < -0.4 is 5.32 Å². The molecular formula is C18H32N2. The van der Waals surface area contributed by atoms with Gasteiger partial charge in [-0.3, -0.25) is 0 Å². The van der Waals surface area contributed by atoms with Crippen LogP contribution in [0.25, 0.3) is 0 Å². The Morgan fingerprint density at radius 3 is 2.30 bits per heavy atom. The molecular weight excluding hydrogens is 244 g/mol. The van der Waals surface area contributed by atoms with Crippen molar-refractivity contribution in [3.8, 4) is 0 Å². The lowest BCUT2D eigenvalue weighted by molar-refractivity contribution is 0.108. The van der Waals surface area contributed by atoms with Gasteiger partial charge in [0.25, 0.3) is 0 Å². The minimum atomic E-state index is 0.212. The van der Waals surface area contributed by atoms with E-state index in [0.717, 1.165) is 19.4 Å². The first-order chi connectivity index (χ1) is 9.54. The summed E-state index contributed by atoms with van der Waals surface area (Å²) >= 11 is 0. The van der Waals surface area contributed by atoms with Crippen LogP contribution in [0.4, 0.5) is 0 Å². The van der Waals surface area contributed by atoms with Crippen molar-refractivity contribution in [2.24, 2.45) is 0 Å². The maximum atomic E-state index is 3.77. The van der Waals surface area contributed by atoms with E-state index >= 15 is 0 Å². The number of nitrogens with zero attached hydrogens (tertiary/aromatic N) is 1. The molecule has 1 N–H and O–H groups in total. The molecule has 0 aromatic heterocycles. The molecule has 0 spiro atoms. The third-order valence-corrected chi connectivity index (χ3v) is 4.69. The number of nitrogens with one attached hydrogen (secondary N) is 1. The van der Waals surface area contributed by atoms with E-state index in [9.17, 15) is 0 Å². The standard InChI is InChI=1S/C18H32N2/c1-6-15-19-17(18(3,7-2)20(4)5)14-13-16-11-9-8-10-12-16/h8-12,17,19H,6-7,13-15H2,1-5H3. The molecule has 2 atom stereocenters. The molecule has 2 heteroatoms. The highest BCUT2D eigenvalue weighted by atomic mass is 15.2. The normalized spacial score (nSPS) is 16.1. The third-order valence-electron chi connectivity index (χ3n) is 4.69. The van der Waals surface area contributed by atoms with Crippen LogP contribution in [-0.2, 0) is 6.42 Å². The Hall–Kier alpha value is -0.860. The van der Waals surface area contributed by atoms with Gasteiger partial charge in [0.2, 0.25) is 0 Å². The van der Waals surface area contributed by atoms with E-state index in [1.807, 2.05) is 0 Å². The van der Waals surface area contributed by atoms with E-state index in [-0.39, 0.29) is 5.54 Å². The Labute approximate surface area is 125 Å². The molecule has 0 aliphatic heterocycles. The summed E-state index contributed by atoms with van der Waals surface area (Å²) in [5, 5.41) is 3.77. The average molecular weight is 276 g/mol. The number of aryl methyl sites for hydroxylation is 1. The van der Waals surface area contributed by atoms with Crippen LogP contribution in [0.3, 0.4) is 0 Å². The minimum absolute atomic E-state index is 0.212. The molecule has 1 aromatic rings. The van der Waals surface area contributed by atoms with E-state index in [1.54, 1.807) is 0 Å². The summed E-state index contributed by atoms with van der Waals surface area (Å²) in [7, 11) is 4.40. The van der Waals surface area contributed by atoms with Gasteiger partial charge >= 0.3 is 0 Å². The SMILES string of the molecule is CCCNC(CCc1ccccc1)C(C)(CC)N(C)C. The van der Waals surface area contributed by atoms with Crippen LogP contribution in [0.5, 0.6) is 0 Å². The Kier molecular flexibility index (Phi) is 7.25. The maximum absolute atomic E-state index is 3.77. The number of likely N-dealkylation sites (N-methyl/N-ethyl adjacent to an activating group) is 1. The highest BCUT2D eigenvalue weighted by molar-refractivity contribution is 5.15. The van der Waals surface area contributed by atoms with Crippen molar-refractivity contribution in [3.05, 3.63) is 35.9 Å². The number of hydrogen-bond donors (Lipinski definition) is 1. The van der Waals surface area contributed by atoms with Crippen LogP contribution in [0.1, 0.15) is 45.6 Å². The fourth-order valence-electron chi connectivity index (χ4n) is 2.78. The minimum Gasteiger partial charge on any atom is -0.312 e. The fourth-order valence-corrected chi connectivity index (χ4v) is 2.78. The van der Waals surface area contributed by atoms with E-state index in [2.05, 4.69) is 75.4 Å². The Bertz CT molecular complexity index is 361. The molecule has 0 saturated heterocycles. The van der Waals surface area contributed by atoms with Gasteiger partial charge in [-0.15, -0.1) is 0 Å². The molecule has 0 bridgehead atoms. The Morgan fingerprint density at radius 1 is 1.15 bits per heavy atom. The van der Waals surface area contributed by atoms with Crippen LogP contribution in [0.15, 0.2) is 30.3 Å². The monoisotopic (exact) mass is 276 g/mol. The number of benzene rings is 1. The molecule has 0 saturated carbocycles. The van der Waals surface area contributed by atoms with E-state index in [4.69, 9.17) is 0 Å². The van der Waals surface area contributed by atoms with E-state index in [0.29, 0.717) is 6.04 Å². The zero-order valence-electron chi connectivity index (χ0n) is 13.9. The van der Waals surface area contributed by atoms with E-state index in [1.165, 1.54) is 18.4 Å². The highest BCUT2D eigenvalue weighted by Gasteiger charge is 2.33. The highest BCUT2D eigenvalue weighted by Crippen LogP contribution is 2.24. The summed E-state index contributed by atoms with van der Waals surface area (Å²) in [6.07, 6.45) is 4.68. The largest absolute Gasteiger partial charge is 0.312 e. The Balaban J connectivity index is 2.73. The molecule has 0 heterocycles. The Morgan fingerprint density at radius 2 is 1.80 bits per heavy atom. The summed E-state index contributed by atoms with van der Waals surface area (Å²) in [5.41, 5.74) is 1.65. The van der Waals surface area contributed by atoms with Gasteiger partial charge in [-0.05, 0) is 58.8 Å². The zero-order valence-corrected chi connectivity index (χ0v) is 13.9. The second-order valence-electron chi connectivity index (χ2n) is 6.14. The number of rotatable bonds is 9. The third kappa shape index (κ3) is 4.60. The molecule has 20 heavy (non-hydrogen) atoms. The van der Waals surface area contributed by atoms with Crippen molar-refractivity contribution in [3.63, 3.8) is 0 Å². The topological polar surface area (TPSA) is 15.3 Å². The molecule has 2 nitrogen and oxygen atoms in total. The molecule has 0 amide bonds. The van der Waals surface area contributed by atoms with Crippen molar-refractivity contribution >= 4 is 0 Å². The van der Waals surface area contributed by atoms with Gasteiger partial charge in [-0.1, -0.05) is 44.2 Å². The van der Waals surface area contributed by atoms with Crippen molar-refractivity contribution in [2.75, 3.05) is 20.6 Å². The molecule has 0 radical (unpaired) electrons. The first kappa shape index (κ1) is 17.2. The fraction of sp³-hybridized carbons (Fsp3) is 0.667. The quantitative estimate of drug-likeness (QED) is 0.739. The van der Waals surface area contributed by atoms with Gasteiger partial charge in [0.1, 0.15) is 0 Å². The van der Waals surface area contributed by atoms with Crippen LogP contribution in [-0.4, -0.2) is 37.1 Å². The van der Waals surface area contributed by atoms with Crippen molar-refractivity contribution < 1.29 is 0 Å². The van der Waals surface area contributed by atoms with Gasteiger partial charge in [0.05, 0.1) is 0 Å². The smallest absolute Gasteiger partial charge is 0.0325 e. The second-order valence-corrected chi connectivity index (χ2v) is 6.14. The molecule has 1 rings (SSSR count). The van der Waals surface area contributed by atoms with Crippen molar-refractivity contribution in [1.82, 2.24) is 10.2 Å². The predicted molar refractivity (Wildman–Crippen MR) is 89.2 cm³/mol. The van der Waals surface area contributed by atoms with Crippen molar-refractivity contribution in [1.29, 1.82) is 0 Å². The van der Waals surface area contributed by atoms with Gasteiger partial charge in [0.15, 0.2) is 0 Å². The molecule has 2 unspecified atom stereocenters. The van der Waals surface area contributed by atoms with Crippen LogP contribution >= 0.6 is 0 Å². The van der Waals surface area contributed by atoms with Crippen molar-refractivity contribution in [2.45, 2.75) is 58.0 Å². The summed E-state index contributed by atoms with van der Waals surface area (Å²) in [6.45, 7) is 8.01. The molecule has 1 aromatic carbocycles. The van der Waals surface area contributed by atoms with E-state index < -0.39 is 0 Å². The molecule has 114 valence electrons. The lowest BCUT2D eigenvalue weighted by Gasteiger charge is -2.43. The molecule has 0 aliphatic rings. The lowest BCUT2D eigenvalue weighted by atomic mass is 9.84. The average Bonchev–Trinajstić information content (AvgIpc) is 2.47. The molecule has 0 aliphatic carbocycles. The molecule has 0 fully saturated rings. The summed E-state index contributed by atoms with van der Waals surface area (Å²) in [6, 6.07) is 11.4. The van der Waals surface area contributed by atoms with Crippen LogP contribution in [0, 0.1) is 0 Å². The van der Waals surface area contributed by atoms with Gasteiger partial charge in [-0.2, -0.15) is 0 Å². The van der Waals surface area contributed by atoms with Crippen LogP contribution in [0.2, 0.25) is 0 Å². The zero-order chi connectivity index (χ0) is 15.0. The van der Waals surface area contributed by atoms with Gasteiger partial charge in [-0.25, -0.2) is 0 Å². The summed E-state index contributed by atoms with van der Waals surface area (Å²) < 4.78 is 0.